The van der Waals surface area contributed by atoms with Crippen molar-refractivity contribution < 1.29 is 22.0 Å². The maximum absolute atomic E-state index is 13.4. The molecule has 2 aromatic rings. The van der Waals surface area contributed by atoms with Crippen molar-refractivity contribution in [2.75, 3.05) is 6.54 Å². The number of rotatable bonds is 6. The lowest BCUT2D eigenvalue weighted by Gasteiger charge is -2.08. The van der Waals surface area contributed by atoms with Crippen LogP contribution in [0.5, 0.6) is 0 Å². The van der Waals surface area contributed by atoms with Crippen molar-refractivity contribution in [3.8, 4) is 0 Å². The molecule has 0 spiro atoms. The monoisotopic (exact) mass is 340 g/mol. The van der Waals surface area contributed by atoms with Gasteiger partial charge in [-0.15, -0.1) is 0 Å². The predicted molar refractivity (Wildman–Crippen MR) is 79.8 cm³/mol. The van der Waals surface area contributed by atoms with Gasteiger partial charge in [-0.2, -0.15) is 0 Å². The fourth-order valence-corrected chi connectivity index (χ4v) is 2.79. The SMILES string of the molecule is O=C(CNS(=O)(=O)c1cccc(F)c1)NCc1ccccc1F. The number of nitrogens with one attached hydrogen (secondary N) is 2. The average Bonchev–Trinajstić information content (AvgIpc) is 2.52. The number of hydrogen-bond acceptors (Lipinski definition) is 3. The Hall–Kier alpha value is -2.32. The lowest BCUT2D eigenvalue weighted by Crippen LogP contribution is -2.36. The molecule has 0 aliphatic heterocycles. The van der Waals surface area contributed by atoms with E-state index in [2.05, 4.69) is 10.0 Å². The van der Waals surface area contributed by atoms with E-state index >= 15 is 0 Å². The van der Waals surface area contributed by atoms with Crippen molar-refractivity contribution in [2.45, 2.75) is 11.4 Å². The molecule has 0 heterocycles. The van der Waals surface area contributed by atoms with Crippen LogP contribution in [0.4, 0.5) is 8.78 Å². The van der Waals surface area contributed by atoms with Crippen molar-refractivity contribution in [1.82, 2.24) is 10.0 Å². The van der Waals surface area contributed by atoms with E-state index in [1.54, 1.807) is 6.07 Å². The van der Waals surface area contributed by atoms with Gasteiger partial charge in [-0.3, -0.25) is 4.79 Å². The standard InChI is InChI=1S/C15H14F2N2O3S/c16-12-5-3-6-13(8-12)23(21,22)19-10-15(20)18-9-11-4-1-2-7-14(11)17/h1-8,19H,9-10H2,(H,18,20). The summed E-state index contributed by atoms with van der Waals surface area (Å²) in [7, 11) is -3.99. The van der Waals surface area contributed by atoms with E-state index in [9.17, 15) is 22.0 Å². The molecule has 0 aromatic heterocycles. The molecule has 0 unspecified atom stereocenters. The molecular formula is C15H14F2N2O3S. The van der Waals surface area contributed by atoms with Gasteiger partial charge in [-0.1, -0.05) is 24.3 Å². The molecular weight excluding hydrogens is 326 g/mol. The van der Waals surface area contributed by atoms with Crippen LogP contribution in [0.3, 0.4) is 0 Å². The summed E-state index contributed by atoms with van der Waals surface area (Å²) in [6.07, 6.45) is 0. The van der Waals surface area contributed by atoms with Crippen molar-refractivity contribution in [1.29, 1.82) is 0 Å². The zero-order chi connectivity index (χ0) is 16.9. The van der Waals surface area contributed by atoms with Gasteiger partial charge in [0.05, 0.1) is 11.4 Å². The molecule has 0 saturated heterocycles. The van der Waals surface area contributed by atoms with Crippen molar-refractivity contribution >= 4 is 15.9 Å². The highest BCUT2D eigenvalue weighted by molar-refractivity contribution is 7.89. The van der Waals surface area contributed by atoms with E-state index in [4.69, 9.17) is 0 Å². The summed E-state index contributed by atoms with van der Waals surface area (Å²) < 4.78 is 52.3. The van der Waals surface area contributed by atoms with Crippen LogP contribution >= 0.6 is 0 Å². The zero-order valence-corrected chi connectivity index (χ0v) is 12.7. The molecule has 0 fully saturated rings. The highest BCUT2D eigenvalue weighted by atomic mass is 32.2. The van der Waals surface area contributed by atoms with E-state index < -0.39 is 34.1 Å². The first-order valence-corrected chi connectivity index (χ1v) is 8.12. The van der Waals surface area contributed by atoms with Crippen LogP contribution in [-0.4, -0.2) is 20.9 Å². The topological polar surface area (TPSA) is 75.3 Å². The Morgan fingerprint density at radius 3 is 2.48 bits per heavy atom. The van der Waals surface area contributed by atoms with Crippen LogP contribution in [-0.2, 0) is 21.4 Å². The molecule has 122 valence electrons. The number of carbonyl (C=O) groups excluding carboxylic acids is 1. The molecule has 1 amide bonds. The van der Waals surface area contributed by atoms with E-state index in [-0.39, 0.29) is 17.0 Å². The smallest absolute Gasteiger partial charge is 0.241 e. The van der Waals surface area contributed by atoms with Crippen molar-refractivity contribution in [2.24, 2.45) is 0 Å². The number of benzene rings is 2. The summed E-state index contributed by atoms with van der Waals surface area (Å²) in [5, 5.41) is 2.40. The summed E-state index contributed by atoms with van der Waals surface area (Å²) in [6, 6.07) is 10.3. The highest BCUT2D eigenvalue weighted by Crippen LogP contribution is 2.10. The first-order valence-electron chi connectivity index (χ1n) is 6.64. The number of amides is 1. The van der Waals surface area contributed by atoms with Crippen LogP contribution in [0.2, 0.25) is 0 Å². The molecule has 8 heteroatoms. The molecule has 0 bridgehead atoms. The summed E-state index contributed by atoms with van der Waals surface area (Å²) in [6.45, 7) is -0.597. The van der Waals surface area contributed by atoms with E-state index in [0.29, 0.717) is 0 Å². The van der Waals surface area contributed by atoms with Gasteiger partial charge in [0.15, 0.2) is 0 Å². The minimum atomic E-state index is -3.99. The summed E-state index contributed by atoms with van der Waals surface area (Å²) >= 11 is 0. The van der Waals surface area contributed by atoms with Gasteiger partial charge in [0, 0.05) is 12.1 Å². The first kappa shape index (κ1) is 17.0. The number of halogens is 2. The van der Waals surface area contributed by atoms with Crippen molar-refractivity contribution in [3.63, 3.8) is 0 Å². The zero-order valence-electron chi connectivity index (χ0n) is 11.9. The number of hydrogen-bond donors (Lipinski definition) is 2. The second kappa shape index (κ2) is 7.30. The Morgan fingerprint density at radius 2 is 1.78 bits per heavy atom. The molecule has 2 N–H and O–H groups in total. The predicted octanol–water partition coefficient (Wildman–Crippen LogP) is 1.56. The van der Waals surface area contributed by atoms with E-state index in [1.165, 1.54) is 30.3 Å². The maximum atomic E-state index is 13.4. The Morgan fingerprint density at radius 1 is 1.04 bits per heavy atom. The van der Waals surface area contributed by atoms with Crippen LogP contribution < -0.4 is 10.0 Å². The lowest BCUT2D eigenvalue weighted by atomic mass is 10.2. The molecule has 2 rings (SSSR count). The van der Waals surface area contributed by atoms with Gasteiger partial charge < -0.3 is 5.32 Å². The molecule has 2 aromatic carbocycles. The summed E-state index contributed by atoms with van der Waals surface area (Å²) in [4.78, 5) is 11.4. The molecule has 0 radical (unpaired) electrons. The Bertz CT molecular complexity index is 810. The second-order valence-corrected chi connectivity index (χ2v) is 6.42. The number of sulfonamides is 1. The average molecular weight is 340 g/mol. The van der Waals surface area contributed by atoms with Gasteiger partial charge in [0.2, 0.25) is 15.9 Å². The van der Waals surface area contributed by atoms with Gasteiger partial charge in [0.1, 0.15) is 11.6 Å². The minimum absolute atomic E-state index is 0.0623. The fourth-order valence-electron chi connectivity index (χ4n) is 1.78. The summed E-state index contributed by atoms with van der Waals surface area (Å²) in [5.74, 6) is -1.79. The first-order chi connectivity index (χ1) is 10.9. The third kappa shape index (κ3) is 4.83. The third-order valence-electron chi connectivity index (χ3n) is 2.96. The molecule has 5 nitrogen and oxygen atoms in total. The number of carbonyl (C=O) groups is 1. The largest absolute Gasteiger partial charge is 0.351 e. The van der Waals surface area contributed by atoms with Crippen LogP contribution in [0, 0.1) is 11.6 Å². The Balaban J connectivity index is 1.90. The highest BCUT2D eigenvalue weighted by Gasteiger charge is 2.16. The van der Waals surface area contributed by atoms with E-state index in [0.717, 1.165) is 12.1 Å². The van der Waals surface area contributed by atoms with Gasteiger partial charge >= 0.3 is 0 Å². The van der Waals surface area contributed by atoms with Crippen LogP contribution in [0.1, 0.15) is 5.56 Å². The van der Waals surface area contributed by atoms with E-state index in [1.807, 2.05) is 0 Å². The van der Waals surface area contributed by atoms with Gasteiger partial charge in [-0.05, 0) is 24.3 Å². The lowest BCUT2D eigenvalue weighted by molar-refractivity contribution is -0.120. The normalized spacial score (nSPS) is 11.2. The molecule has 0 aliphatic rings. The fraction of sp³-hybridized carbons (Fsp3) is 0.133. The quantitative estimate of drug-likeness (QED) is 0.838. The van der Waals surface area contributed by atoms with Crippen LogP contribution in [0.15, 0.2) is 53.4 Å². The second-order valence-electron chi connectivity index (χ2n) is 4.65. The summed E-state index contributed by atoms with van der Waals surface area (Å²) in [5.41, 5.74) is 0.286. The molecule has 0 atom stereocenters. The van der Waals surface area contributed by atoms with Crippen molar-refractivity contribution in [3.05, 3.63) is 65.7 Å². The molecule has 23 heavy (non-hydrogen) atoms. The Kier molecular flexibility index (Phi) is 5.41. The minimum Gasteiger partial charge on any atom is -0.351 e. The van der Waals surface area contributed by atoms with Gasteiger partial charge in [-0.25, -0.2) is 21.9 Å². The Labute approximate surface area is 132 Å². The van der Waals surface area contributed by atoms with Crippen LogP contribution in [0.25, 0.3) is 0 Å². The third-order valence-corrected chi connectivity index (χ3v) is 4.36. The molecule has 0 saturated carbocycles. The van der Waals surface area contributed by atoms with Gasteiger partial charge in [0.25, 0.3) is 0 Å². The maximum Gasteiger partial charge on any atom is 0.241 e. The molecule has 0 aliphatic carbocycles.